The molecule has 3 aromatic carbocycles. The molecule has 0 heterocycles. The normalized spacial score (nSPS) is 11.2. The number of nitrogens with one attached hydrogen (secondary N) is 2. The second kappa shape index (κ2) is 12.4. The Labute approximate surface area is 215 Å². The summed E-state index contributed by atoms with van der Waals surface area (Å²) in [5.74, 6) is -0.0207. The third kappa shape index (κ3) is 6.86. The van der Waals surface area contributed by atoms with Crippen molar-refractivity contribution in [3.05, 3.63) is 94.1 Å². The zero-order valence-corrected chi connectivity index (χ0v) is 21.2. The summed E-state index contributed by atoms with van der Waals surface area (Å²) in [6.07, 6.45) is 3.02. The van der Waals surface area contributed by atoms with Crippen LogP contribution >= 0.6 is 11.6 Å². The van der Waals surface area contributed by atoms with Crippen LogP contribution in [-0.2, 0) is 4.79 Å². The highest BCUT2D eigenvalue weighted by atomic mass is 35.5. The molecule has 36 heavy (non-hydrogen) atoms. The van der Waals surface area contributed by atoms with E-state index in [9.17, 15) is 9.59 Å². The fourth-order valence-electron chi connectivity index (χ4n) is 3.19. The predicted molar refractivity (Wildman–Crippen MR) is 143 cm³/mol. The second-order valence-corrected chi connectivity index (χ2v) is 8.20. The summed E-state index contributed by atoms with van der Waals surface area (Å²) < 4.78 is 10.5. The lowest BCUT2D eigenvalue weighted by atomic mass is 10.1. The van der Waals surface area contributed by atoms with Gasteiger partial charge in [0, 0.05) is 19.8 Å². The van der Waals surface area contributed by atoms with Crippen molar-refractivity contribution in [2.45, 2.75) is 0 Å². The lowest BCUT2D eigenvalue weighted by Gasteiger charge is -2.13. The molecule has 0 fully saturated rings. The van der Waals surface area contributed by atoms with Crippen molar-refractivity contribution in [2.24, 2.45) is 5.10 Å². The Morgan fingerprint density at radius 3 is 2.22 bits per heavy atom. The van der Waals surface area contributed by atoms with Crippen molar-refractivity contribution in [1.82, 2.24) is 10.7 Å². The first-order valence-corrected chi connectivity index (χ1v) is 11.3. The largest absolute Gasteiger partial charge is 0.493 e. The van der Waals surface area contributed by atoms with Crippen LogP contribution in [0, 0.1) is 0 Å². The van der Waals surface area contributed by atoms with E-state index in [1.807, 2.05) is 43.3 Å². The van der Waals surface area contributed by atoms with Crippen molar-refractivity contribution < 1.29 is 19.1 Å². The van der Waals surface area contributed by atoms with Crippen LogP contribution in [0.4, 0.5) is 5.69 Å². The van der Waals surface area contributed by atoms with Gasteiger partial charge in [0.05, 0.1) is 31.0 Å². The molecule has 2 amide bonds. The standard InChI is InChI=1S/C27H27ClN4O4/c1-32(2)20-12-9-18(10-13-20)15-23(30-26(33)21-7-5-6-8-22(21)28)27(34)31-29-17-19-11-14-24(35-3)25(16-19)36-4/h5-17H,1-4H3,(H,30,33)(H,31,34)/b23-15-,29-17?. The number of carbonyl (C=O) groups excluding carboxylic acids is 2. The van der Waals surface area contributed by atoms with Crippen molar-refractivity contribution >= 4 is 41.4 Å². The van der Waals surface area contributed by atoms with Crippen LogP contribution in [0.5, 0.6) is 11.5 Å². The summed E-state index contributed by atoms with van der Waals surface area (Å²) in [6.45, 7) is 0. The molecule has 186 valence electrons. The van der Waals surface area contributed by atoms with E-state index in [1.165, 1.54) is 13.3 Å². The van der Waals surface area contributed by atoms with E-state index in [0.717, 1.165) is 5.69 Å². The molecule has 0 saturated heterocycles. The van der Waals surface area contributed by atoms with Gasteiger partial charge in [-0.1, -0.05) is 35.9 Å². The first-order valence-electron chi connectivity index (χ1n) is 10.9. The molecule has 0 atom stereocenters. The maximum atomic E-state index is 13.0. The molecule has 9 heteroatoms. The number of hydrazone groups is 1. The van der Waals surface area contributed by atoms with E-state index in [4.69, 9.17) is 21.1 Å². The smallest absolute Gasteiger partial charge is 0.287 e. The highest BCUT2D eigenvalue weighted by molar-refractivity contribution is 6.34. The molecule has 3 aromatic rings. The van der Waals surface area contributed by atoms with Crippen LogP contribution < -0.4 is 25.1 Å². The Hall–Kier alpha value is -4.30. The number of carbonyl (C=O) groups is 2. The predicted octanol–water partition coefficient (Wildman–Crippen LogP) is 4.34. The van der Waals surface area contributed by atoms with E-state index in [-0.39, 0.29) is 16.3 Å². The van der Waals surface area contributed by atoms with Gasteiger partial charge < -0.3 is 19.7 Å². The average Bonchev–Trinajstić information content (AvgIpc) is 2.88. The van der Waals surface area contributed by atoms with Crippen LogP contribution in [0.15, 0.2) is 77.5 Å². The molecule has 0 aliphatic heterocycles. The Morgan fingerprint density at radius 2 is 1.58 bits per heavy atom. The highest BCUT2D eigenvalue weighted by Crippen LogP contribution is 2.26. The number of nitrogens with zero attached hydrogens (tertiary/aromatic N) is 2. The third-order valence-corrected chi connectivity index (χ3v) is 5.45. The molecule has 0 radical (unpaired) electrons. The molecule has 0 unspecified atom stereocenters. The maximum Gasteiger partial charge on any atom is 0.287 e. The minimum atomic E-state index is -0.608. The van der Waals surface area contributed by atoms with Gasteiger partial charge in [0.25, 0.3) is 11.8 Å². The number of benzene rings is 3. The van der Waals surface area contributed by atoms with Crippen LogP contribution in [0.2, 0.25) is 5.02 Å². The quantitative estimate of drug-likeness (QED) is 0.256. The molecule has 0 aliphatic carbocycles. The summed E-state index contributed by atoms with van der Waals surface area (Å²) >= 11 is 6.16. The molecule has 0 spiro atoms. The zero-order valence-electron chi connectivity index (χ0n) is 20.4. The summed E-state index contributed by atoms with van der Waals surface area (Å²) in [5, 5.41) is 6.95. The molecule has 0 aromatic heterocycles. The van der Waals surface area contributed by atoms with Crippen LogP contribution in [-0.4, -0.2) is 46.3 Å². The number of ether oxygens (including phenoxy) is 2. The van der Waals surface area contributed by atoms with Crippen molar-refractivity contribution in [3.8, 4) is 11.5 Å². The van der Waals surface area contributed by atoms with E-state index in [2.05, 4.69) is 15.8 Å². The van der Waals surface area contributed by atoms with Gasteiger partial charge in [0.1, 0.15) is 5.70 Å². The first kappa shape index (κ1) is 26.3. The molecular weight excluding hydrogens is 480 g/mol. The molecule has 0 saturated carbocycles. The number of hydrogen-bond donors (Lipinski definition) is 2. The van der Waals surface area contributed by atoms with Crippen molar-refractivity contribution in [3.63, 3.8) is 0 Å². The summed E-state index contributed by atoms with van der Waals surface area (Å²) in [6, 6.07) is 19.3. The molecule has 3 rings (SSSR count). The van der Waals surface area contributed by atoms with Crippen molar-refractivity contribution in [2.75, 3.05) is 33.2 Å². The Balaban J connectivity index is 1.84. The van der Waals surface area contributed by atoms with Gasteiger partial charge in [-0.3, -0.25) is 9.59 Å². The first-order chi connectivity index (χ1) is 17.3. The number of hydrogen-bond acceptors (Lipinski definition) is 6. The summed E-state index contributed by atoms with van der Waals surface area (Å²) in [5.41, 5.74) is 5.09. The Kier molecular flexibility index (Phi) is 9.07. The minimum Gasteiger partial charge on any atom is -0.493 e. The third-order valence-electron chi connectivity index (χ3n) is 5.12. The Morgan fingerprint density at radius 1 is 0.917 bits per heavy atom. The molecule has 8 nitrogen and oxygen atoms in total. The van der Waals surface area contributed by atoms with Gasteiger partial charge in [0.15, 0.2) is 11.5 Å². The number of methoxy groups -OCH3 is 2. The zero-order chi connectivity index (χ0) is 26.1. The lowest BCUT2D eigenvalue weighted by Crippen LogP contribution is -2.33. The topological polar surface area (TPSA) is 92.3 Å². The van der Waals surface area contributed by atoms with Gasteiger partial charge >= 0.3 is 0 Å². The van der Waals surface area contributed by atoms with Gasteiger partial charge in [-0.05, 0) is 59.7 Å². The van der Waals surface area contributed by atoms with Gasteiger partial charge in [0.2, 0.25) is 0 Å². The van der Waals surface area contributed by atoms with E-state index < -0.39 is 11.8 Å². The average molecular weight is 507 g/mol. The van der Waals surface area contributed by atoms with Crippen molar-refractivity contribution in [1.29, 1.82) is 0 Å². The fourth-order valence-corrected chi connectivity index (χ4v) is 3.41. The SMILES string of the molecule is COc1ccc(C=NNC(=O)/C(=C/c2ccc(N(C)C)cc2)NC(=O)c2ccccc2Cl)cc1OC. The summed E-state index contributed by atoms with van der Waals surface area (Å²) in [7, 11) is 6.95. The second-order valence-electron chi connectivity index (χ2n) is 7.79. The van der Waals surface area contributed by atoms with E-state index >= 15 is 0 Å². The number of amides is 2. The minimum absolute atomic E-state index is 0.00184. The van der Waals surface area contributed by atoms with E-state index in [0.29, 0.717) is 22.6 Å². The highest BCUT2D eigenvalue weighted by Gasteiger charge is 2.16. The monoisotopic (exact) mass is 506 g/mol. The Bertz CT molecular complexity index is 1290. The molecule has 0 bridgehead atoms. The van der Waals surface area contributed by atoms with Crippen LogP contribution in [0.3, 0.4) is 0 Å². The molecular formula is C27H27ClN4O4. The number of anilines is 1. The number of halogens is 1. The van der Waals surface area contributed by atoms with Crippen LogP contribution in [0.25, 0.3) is 6.08 Å². The molecule has 0 aliphatic rings. The van der Waals surface area contributed by atoms with Gasteiger partial charge in [-0.25, -0.2) is 5.43 Å². The fraction of sp³-hybridized carbons (Fsp3) is 0.148. The lowest BCUT2D eigenvalue weighted by molar-refractivity contribution is -0.117. The number of rotatable bonds is 9. The van der Waals surface area contributed by atoms with Gasteiger partial charge in [-0.2, -0.15) is 5.10 Å². The maximum absolute atomic E-state index is 13.0. The molecule has 2 N–H and O–H groups in total. The van der Waals surface area contributed by atoms with E-state index in [1.54, 1.807) is 55.7 Å². The van der Waals surface area contributed by atoms with Gasteiger partial charge in [-0.15, -0.1) is 0 Å². The van der Waals surface area contributed by atoms with Crippen LogP contribution in [0.1, 0.15) is 21.5 Å². The summed E-state index contributed by atoms with van der Waals surface area (Å²) in [4.78, 5) is 27.8.